The third-order valence-electron chi connectivity index (χ3n) is 5.05. The first-order chi connectivity index (χ1) is 11.9. The molecule has 0 radical (unpaired) electrons. The zero-order valence-electron chi connectivity index (χ0n) is 15.8. The third kappa shape index (κ3) is 4.35. The lowest BCUT2D eigenvalue weighted by Gasteiger charge is -2.44. The van der Waals surface area contributed by atoms with Gasteiger partial charge in [-0.25, -0.2) is 9.59 Å². The van der Waals surface area contributed by atoms with Crippen LogP contribution in [0, 0.1) is 5.41 Å². The minimum Gasteiger partial charge on any atom is -0.444 e. The van der Waals surface area contributed by atoms with E-state index in [1.807, 2.05) is 0 Å². The Labute approximate surface area is 152 Å². The van der Waals surface area contributed by atoms with Crippen LogP contribution in [0.5, 0.6) is 0 Å². The van der Waals surface area contributed by atoms with Crippen molar-refractivity contribution in [1.82, 2.24) is 15.1 Å². The van der Waals surface area contributed by atoms with Crippen LogP contribution in [0.1, 0.15) is 47.0 Å². The second kappa shape index (κ2) is 7.15. The van der Waals surface area contributed by atoms with Crippen molar-refractivity contribution in [2.45, 2.75) is 64.8 Å². The molecule has 2 aliphatic rings. The van der Waals surface area contributed by atoms with Crippen LogP contribution in [0.15, 0.2) is 0 Å². The van der Waals surface area contributed by atoms with Gasteiger partial charge in [0.05, 0.1) is 0 Å². The number of ether oxygens (including phenoxy) is 1. The quantitative estimate of drug-likeness (QED) is 0.760. The standard InChI is InChI=1S/C17H28F3N3O3/c1-5-21-13(24)23-11-8-16(12(23)17(18,19)20)6-9-22(10-7-16)14(25)26-15(2,3)4/h12H,5-11H2,1-4H3,(H,21,24). The molecule has 1 unspecified atom stereocenters. The van der Waals surface area contributed by atoms with E-state index in [4.69, 9.17) is 4.74 Å². The molecule has 2 fully saturated rings. The summed E-state index contributed by atoms with van der Waals surface area (Å²) in [6.45, 7) is 7.66. The monoisotopic (exact) mass is 379 g/mol. The van der Waals surface area contributed by atoms with Gasteiger partial charge in [0.2, 0.25) is 0 Å². The Hall–Kier alpha value is -1.67. The van der Waals surface area contributed by atoms with Crippen LogP contribution in [0.3, 0.4) is 0 Å². The molecule has 26 heavy (non-hydrogen) atoms. The predicted molar refractivity (Wildman–Crippen MR) is 89.7 cm³/mol. The highest BCUT2D eigenvalue weighted by atomic mass is 19.4. The van der Waals surface area contributed by atoms with Gasteiger partial charge in [-0.3, -0.25) is 0 Å². The van der Waals surface area contributed by atoms with Gasteiger partial charge < -0.3 is 19.9 Å². The number of halogens is 3. The van der Waals surface area contributed by atoms with Crippen molar-refractivity contribution in [1.29, 1.82) is 0 Å². The molecule has 9 heteroatoms. The number of carbonyl (C=O) groups is 2. The molecule has 1 spiro atoms. The average Bonchev–Trinajstić information content (AvgIpc) is 2.85. The van der Waals surface area contributed by atoms with Crippen molar-refractivity contribution in [3.05, 3.63) is 0 Å². The Morgan fingerprint density at radius 3 is 2.12 bits per heavy atom. The number of nitrogens with one attached hydrogen (secondary N) is 1. The summed E-state index contributed by atoms with van der Waals surface area (Å²) in [6.07, 6.45) is -4.32. The number of hydrogen-bond acceptors (Lipinski definition) is 3. The van der Waals surface area contributed by atoms with E-state index < -0.39 is 35.4 Å². The lowest BCUT2D eigenvalue weighted by molar-refractivity contribution is -0.198. The van der Waals surface area contributed by atoms with Crippen molar-refractivity contribution in [3.63, 3.8) is 0 Å². The van der Waals surface area contributed by atoms with Gasteiger partial charge >= 0.3 is 18.3 Å². The van der Waals surface area contributed by atoms with E-state index in [1.165, 1.54) is 4.90 Å². The van der Waals surface area contributed by atoms with E-state index in [2.05, 4.69) is 5.32 Å². The van der Waals surface area contributed by atoms with Gasteiger partial charge in [-0.15, -0.1) is 0 Å². The first-order valence-corrected chi connectivity index (χ1v) is 8.99. The molecule has 0 saturated carbocycles. The summed E-state index contributed by atoms with van der Waals surface area (Å²) in [5.74, 6) is 0. The highest BCUT2D eigenvalue weighted by Gasteiger charge is 2.61. The first-order valence-electron chi connectivity index (χ1n) is 8.99. The Morgan fingerprint density at radius 2 is 1.65 bits per heavy atom. The van der Waals surface area contributed by atoms with Gasteiger partial charge in [0, 0.05) is 31.6 Å². The fourth-order valence-corrected chi connectivity index (χ4v) is 3.92. The number of nitrogens with zero attached hydrogens (tertiary/aromatic N) is 2. The maximum atomic E-state index is 13.8. The van der Waals surface area contributed by atoms with E-state index in [0.29, 0.717) is 0 Å². The number of amides is 3. The molecule has 0 aromatic carbocycles. The molecule has 2 aliphatic heterocycles. The van der Waals surface area contributed by atoms with E-state index in [0.717, 1.165) is 4.90 Å². The number of rotatable bonds is 1. The third-order valence-corrected chi connectivity index (χ3v) is 5.05. The van der Waals surface area contributed by atoms with Gasteiger partial charge in [0.25, 0.3) is 0 Å². The van der Waals surface area contributed by atoms with Gasteiger partial charge in [-0.1, -0.05) is 0 Å². The molecule has 1 atom stereocenters. The minimum absolute atomic E-state index is 0.0719. The fourth-order valence-electron chi connectivity index (χ4n) is 3.92. The largest absolute Gasteiger partial charge is 0.444 e. The molecular formula is C17H28F3N3O3. The first kappa shape index (κ1) is 20.6. The number of alkyl halides is 3. The lowest BCUT2D eigenvalue weighted by atomic mass is 9.72. The summed E-state index contributed by atoms with van der Waals surface area (Å²) in [4.78, 5) is 26.6. The zero-order valence-corrected chi connectivity index (χ0v) is 15.8. The van der Waals surface area contributed by atoms with Crippen molar-refractivity contribution >= 4 is 12.1 Å². The predicted octanol–water partition coefficient (Wildman–Crippen LogP) is 3.37. The zero-order chi connectivity index (χ0) is 19.8. The molecule has 2 heterocycles. The van der Waals surface area contributed by atoms with Crippen molar-refractivity contribution in [2.24, 2.45) is 5.41 Å². The summed E-state index contributed by atoms with van der Waals surface area (Å²) < 4.78 is 46.7. The number of likely N-dealkylation sites (tertiary alicyclic amines) is 2. The van der Waals surface area contributed by atoms with Gasteiger partial charge in [-0.05, 0) is 47.0 Å². The Bertz CT molecular complexity index is 538. The number of urea groups is 1. The van der Waals surface area contributed by atoms with Crippen molar-refractivity contribution in [2.75, 3.05) is 26.2 Å². The molecule has 0 aromatic rings. The van der Waals surface area contributed by atoms with E-state index in [-0.39, 0.29) is 45.4 Å². The van der Waals surface area contributed by atoms with E-state index in [9.17, 15) is 22.8 Å². The summed E-state index contributed by atoms with van der Waals surface area (Å²) in [6, 6.07) is -2.50. The van der Waals surface area contributed by atoms with Crippen molar-refractivity contribution in [3.8, 4) is 0 Å². The van der Waals surface area contributed by atoms with Gasteiger partial charge in [0.15, 0.2) is 0 Å². The Morgan fingerprint density at radius 1 is 1.12 bits per heavy atom. The topological polar surface area (TPSA) is 61.9 Å². The molecule has 0 aromatic heterocycles. The maximum Gasteiger partial charge on any atom is 0.410 e. The number of carbonyl (C=O) groups excluding carboxylic acids is 2. The lowest BCUT2D eigenvalue weighted by Crippen LogP contribution is -2.57. The summed E-state index contributed by atoms with van der Waals surface area (Å²) in [5, 5.41) is 2.47. The summed E-state index contributed by atoms with van der Waals surface area (Å²) in [5.41, 5.74) is -1.69. The van der Waals surface area contributed by atoms with Crippen LogP contribution in [0.4, 0.5) is 22.8 Å². The summed E-state index contributed by atoms with van der Waals surface area (Å²) >= 11 is 0. The highest BCUT2D eigenvalue weighted by Crippen LogP contribution is 2.51. The summed E-state index contributed by atoms with van der Waals surface area (Å²) in [7, 11) is 0. The minimum atomic E-state index is -4.50. The van der Waals surface area contributed by atoms with Crippen molar-refractivity contribution < 1.29 is 27.5 Å². The molecule has 150 valence electrons. The Kier molecular flexibility index (Phi) is 5.68. The number of piperidine rings is 1. The molecule has 2 rings (SSSR count). The second-order valence-electron chi connectivity index (χ2n) is 8.05. The van der Waals surface area contributed by atoms with Crippen LogP contribution in [0.2, 0.25) is 0 Å². The molecule has 3 amide bonds. The average molecular weight is 379 g/mol. The van der Waals surface area contributed by atoms with Crippen LogP contribution < -0.4 is 5.32 Å². The maximum absolute atomic E-state index is 13.8. The molecule has 2 saturated heterocycles. The molecule has 0 aliphatic carbocycles. The van der Waals surface area contributed by atoms with Crippen LogP contribution in [-0.2, 0) is 4.74 Å². The second-order valence-corrected chi connectivity index (χ2v) is 8.05. The fraction of sp³-hybridized carbons (Fsp3) is 0.882. The normalized spacial score (nSPS) is 23.3. The SMILES string of the molecule is CCNC(=O)N1CCC2(CCN(C(=O)OC(C)(C)C)CC2)C1C(F)(F)F. The van der Waals surface area contributed by atoms with Crippen LogP contribution >= 0.6 is 0 Å². The van der Waals surface area contributed by atoms with Gasteiger partial charge in [0.1, 0.15) is 11.6 Å². The number of hydrogen-bond donors (Lipinski definition) is 1. The van der Waals surface area contributed by atoms with Gasteiger partial charge in [-0.2, -0.15) is 13.2 Å². The van der Waals surface area contributed by atoms with E-state index in [1.54, 1.807) is 27.7 Å². The molecule has 1 N–H and O–H groups in total. The molecule has 0 bridgehead atoms. The molecule has 6 nitrogen and oxygen atoms in total. The van der Waals surface area contributed by atoms with E-state index >= 15 is 0 Å². The Balaban J connectivity index is 2.12. The van der Waals surface area contributed by atoms with Crippen LogP contribution in [0.25, 0.3) is 0 Å². The van der Waals surface area contributed by atoms with Crippen LogP contribution in [-0.4, -0.2) is 65.9 Å². The highest BCUT2D eigenvalue weighted by molar-refractivity contribution is 5.75. The molecular weight excluding hydrogens is 351 g/mol. The smallest absolute Gasteiger partial charge is 0.410 e.